The molecule has 0 aromatic carbocycles. The van der Waals surface area contributed by atoms with Crippen molar-refractivity contribution in [3.8, 4) is 0 Å². The van der Waals surface area contributed by atoms with Crippen molar-refractivity contribution in [1.82, 2.24) is 20.9 Å². The van der Waals surface area contributed by atoms with E-state index in [-0.39, 0.29) is 28.6 Å². The Morgan fingerprint density at radius 2 is 1.55 bits per heavy atom. The van der Waals surface area contributed by atoms with Gasteiger partial charge >= 0.3 is 12.0 Å². The van der Waals surface area contributed by atoms with Crippen LogP contribution in [0, 0.1) is 39.9 Å². The van der Waals surface area contributed by atoms with E-state index in [4.69, 9.17) is 10.5 Å². The van der Waals surface area contributed by atoms with Gasteiger partial charge < -0.3 is 31.3 Å². The number of likely N-dealkylation sites (tertiary alicyclic amines) is 1. The SMILES string of the molecule is CC(C)(C)C[C@H](NC(=O)N[C@H](C(=O)N1C[C@H]2[C@@H]([C@H]1C(=O)NC(C(=O)C(N)=O)C1CC1)C2(C)C)C(C)(C)C)C(=O)OCC1CC1. The smallest absolute Gasteiger partial charge is 0.328 e. The number of urea groups is 1. The lowest BCUT2D eigenvalue weighted by molar-refractivity contribution is -0.147. The minimum absolute atomic E-state index is 0.0697. The highest BCUT2D eigenvalue weighted by molar-refractivity contribution is 6.38. The van der Waals surface area contributed by atoms with Gasteiger partial charge in [0, 0.05) is 6.54 Å². The van der Waals surface area contributed by atoms with Gasteiger partial charge in [-0.3, -0.25) is 19.2 Å². The van der Waals surface area contributed by atoms with Crippen LogP contribution in [0.5, 0.6) is 0 Å². The fourth-order valence-corrected chi connectivity index (χ4v) is 6.57. The van der Waals surface area contributed by atoms with Gasteiger partial charge in [0.1, 0.15) is 24.2 Å². The highest BCUT2D eigenvalue weighted by Gasteiger charge is 2.70. The molecule has 246 valence electrons. The topological polar surface area (TPSA) is 177 Å². The van der Waals surface area contributed by atoms with Crippen LogP contribution in [0.15, 0.2) is 0 Å². The van der Waals surface area contributed by atoms with Crippen molar-refractivity contribution < 1.29 is 33.5 Å². The maximum atomic E-state index is 14.2. The molecular weight excluding hydrogens is 566 g/mol. The molecule has 0 aromatic rings. The van der Waals surface area contributed by atoms with E-state index in [1.165, 1.54) is 4.90 Å². The standard InChI is InChI=1S/C32H51N5O7/c1-30(2,3)13-19(28(42)44-15-16-9-10-16)34-29(43)36-24(31(4,5)6)27(41)37-14-18-20(32(18,7)8)22(37)26(40)35-21(17-11-12-17)23(38)25(33)39/h16-22,24H,9-15H2,1-8H3,(H2,33,39)(H,35,40)(H2,34,36,43)/t18-,19-,20-,21?,22-,24+/m0/s1. The van der Waals surface area contributed by atoms with Crippen LogP contribution in [0.1, 0.15) is 87.5 Å². The number of nitrogens with one attached hydrogen (secondary N) is 3. The van der Waals surface area contributed by atoms with Gasteiger partial charge in [0.05, 0.1) is 6.61 Å². The van der Waals surface area contributed by atoms with Crippen LogP contribution in [-0.2, 0) is 28.7 Å². The van der Waals surface area contributed by atoms with Crippen molar-refractivity contribution in [3.63, 3.8) is 0 Å². The number of ether oxygens (including phenoxy) is 1. The van der Waals surface area contributed by atoms with Crippen molar-refractivity contribution >= 4 is 35.5 Å². The van der Waals surface area contributed by atoms with E-state index >= 15 is 0 Å². The summed E-state index contributed by atoms with van der Waals surface area (Å²) in [5, 5.41) is 8.29. The number of hydrogen-bond acceptors (Lipinski definition) is 7. The number of ketones is 1. The molecule has 6 atom stereocenters. The third-order valence-electron chi connectivity index (χ3n) is 9.63. The monoisotopic (exact) mass is 617 g/mol. The van der Waals surface area contributed by atoms with Crippen LogP contribution in [0.25, 0.3) is 0 Å². The van der Waals surface area contributed by atoms with Crippen molar-refractivity contribution in [2.75, 3.05) is 13.2 Å². The number of Topliss-reactive ketones (excluding diaryl/α,β-unsaturated/α-hetero) is 1. The molecule has 0 bridgehead atoms. The molecule has 3 saturated carbocycles. The number of carbonyl (C=O) groups excluding carboxylic acids is 6. The highest BCUT2D eigenvalue weighted by atomic mass is 16.5. The molecule has 1 saturated heterocycles. The Bertz CT molecular complexity index is 1190. The van der Waals surface area contributed by atoms with Crippen LogP contribution in [-0.4, -0.2) is 77.7 Å². The average molecular weight is 618 g/mol. The molecule has 5 N–H and O–H groups in total. The average Bonchev–Trinajstić information content (AvgIpc) is 3.83. The minimum atomic E-state index is -1.10. The summed E-state index contributed by atoms with van der Waals surface area (Å²) in [4.78, 5) is 79.9. The molecule has 0 radical (unpaired) electrons. The Balaban J connectivity index is 1.50. The van der Waals surface area contributed by atoms with Crippen molar-refractivity contribution in [2.24, 2.45) is 45.7 Å². The summed E-state index contributed by atoms with van der Waals surface area (Å²) in [7, 11) is 0. The Kier molecular flexibility index (Phi) is 9.17. The van der Waals surface area contributed by atoms with E-state index in [0.29, 0.717) is 38.3 Å². The van der Waals surface area contributed by atoms with E-state index in [1.54, 1.807) is 0 Å². The van der Waals surface area contributed by atoms with E-state index in [1.807, 2.05) is 55.4 Å². The Morgan fingerprint density at radius 1 is 0.932 bits per heavy atom. The Morgan fingerprint density at radius 3 is 2.05 bits per heavy atom. The first-order valence-corrected chi connectivity index (χ1v) is 15.9. The van der Waals surface area contributed by atoms with Gasteiger partial charge in [-0.1, -0.05) is 55.4 Å². The molecule has 1 heterocycles. The predicted octanol–water partition coefficient (Wildman–Crippen LogP) is 1.89. The Hall–Kier alpha value is -3.18. The van der Waals surface area contributed by atoms with Crippen LogP contribution >= 0.6 is 0 Å². The number of rotatable bonds is 12. The maximum absolute atomic E-state index is 14.2. The quantitative estimate of drug-likeness (QED) is 0.191. The first-order chi connectivity index (χ1) is 20.2. The van der Waals surface area contributed by atoms with Gasteiger partial charge in [-0.05, 0) is 72.0 Å². The van der Waals surface area contributed by atoms with Crippen LogP contribution in [0.4, 0.5) is 4.79 Å². The third-order valence-corrected chi connectivity index (χ3v) is 9.63. The molecule has 12 nitrogen and oxygen atoms in total. The van der Waals surface area contributed by atoms with Crippen LogP contribution in [0.2, 0.25) is 0 Å². The third kappa shape index (κ3) is 7.72. The zero-order valence-corrected chi connectivity index (χ0v) is 27.5. The molecule has 4 rings (SSSR count). The number of amides is 5. The number of fused-ring (bicyclic) bond motifs is 1. The number of nitrogens with two attached hydrogens (primary N) is 1. The van der Waals surface area contributed by atoms with E-state index in [9.17, 15) is 28.8 Å². The predicted molar refractivity (Wildman–Crippen MR) is 162 cm³/mol. The molecule has 4 aliphatic rings. The van der Waals surface area contributed by atoms with E-state index in [0.717, 1.165) is 12.8 Å². The second-order valence-corrected chi connectivity index (χ2v) is 16.2. The molecule has 1 aliphatic heterocycles. The largest absolute Gasteiger partial charge is 0.464 e. The highest BCUT2D eigenvalue weighted by Crippen LogP contribution is 2.65. The molecule has 5 amide bonds. The molecule has 3 aliphatic carbocycles. The fourth-order valence-electron chi connectivity index (χ4n) is 6.57. The Labute approximate surface area is 260 Å². The van der Waals surface area contributed by atoms with Gasteiger partial charge in [-0.25, -0.2) is 9.59 Å². The number of esters is 1. The van der Waals surface area contributed by atoms with Crippen LogP contribution < -0.4 is 21.7 Å². The number of piperidine rings is 1. The van der Waals surface area contributed by atoms with Crippen molar-refractivity contribution in [3.05, 3.63) is 0 Å². The number of hydrogen-bond donors (Lipinski definition) is 4. The summed E-state index contributed by atoms with van der Waals surface area (Å²) in [6.45, 7) is 16.1. The summed E-state index contributed by atoms with van der Waals surface area (Å²) in [5.74, 6) is -3.21. The lowest BCUT2D eigenvalue weighted by atomic mass is 9.85. The summed E-state index contributed by atoms with van der Waals surface area (Å²) in [5.41, 5.74) is 4.04. The minimum Gasteiger partial charge on any atom is -0.464 e. The van der Waals surface area contributed by atoms with Gasteiger partial charge in [0.2, 0.25) is 17.6 Å². The summed E-state index contributed by atoms with van der Waals surface area (Å²) in [6, 6.07) is -4.49. The maximum Gasteiger partial charge on any atom is 0.328 e. The van der Waals surface area contributed by atoms with Crippen molar-refractivity contribution in [2.45, 2.75) is 112 Å². The normalized spacial score (nSPS) is 26.0. The zero-order chi connectivity index (χ0) is 32.9. The fraction of sp³-hybridized carbons (Fsp3) is 0.812. The van der Waals surface area contributed by atoms with Gasteiger partial charge in [-0.15, -0.1) is 0 Å². The van der Waals surface area contributed by atoms with E-state index < -0.39 is 65.1 Å². The van der Waals surface area contributed by atoms with Gasteiger partial charge in [-0.2, -0.15) is 0 Å². The zero-order valence-electron chi connectivity index (χ0n) is 27.5. The van der Waals surface area contributed by atoms with Gasteiger partial charge in [0.25, 0.3) is 5.91 Å². The summed E-state index contributed by atoms with van der Waals surface area (Å²) >= 11 is 0. The molecule has 0 spiro atoms. The molecule has 44 heavy (non-hydrogen) atoms. The van der Waals surface area contributed by atoms with Crippen LogP contribution in [0.3, 0.4) is 0 Å². The first-order valence-electron chi connectivity index (χ1n) is 15.9. The first kappa shape index (κ1) is 33.7. The number of nitrogens with zero attached hydrogens (tertiary/aromatic N) is 1. The lowest BCUT2D eigenvalue weighted by Gasteiger charge is -2.38. The molecule has 4 fully saturated rings. The van der Waals surface area contributed by atoms with Crippen molar-refractivity contribution in [1.29, 1.82) is 0 Å². The lowest BCUT2D eigenvalue weighted by Crippen LogP contribution is -2.62. The molecule has 1 unspecified atom stereocenters. The molecule has 0 aromatic heterocycles. The second-order valence-electron chi connectivity index (χ2n) is 16.2. The van der Waals surface area contributed by atoms with Gasteiger partial charge in [0.15, 0.2) is 0 Å². The number of carbonyl (C=O) groups is 6. The molecule has 12 heteroatoms. The second kappa shape index (κ2) is 12.0. The van der Waals surface area contributed by atoms with E-state index in [2.05, 4.69) is 16.0 Å². The molecular formula is C32H51N5O7. The summed E-state index contributed by atoms with van der Waals surface area (Å²) < 4.78 is 5.48. The summed E-state index contributed by atoms with van der Waals surface area (Å²) in [6.07, 6.45) is 3.79. The number of primary amides is 1.